The van der Waals surface area contributed by atoms with Gasteiger partial charge >= 0.3 is 5.97 Å². The molecule has 0 bridgehead atoms. The highest BCUT2D eigenvalue weighted by Gasteiger charge is 2.35. The predicted molar refractivity (Wildman–Crippen MR) is 95.3 cm³/mol. The molecule has 7 nitrogen and oxygen atoms in total. The van der Waals surface area contributed by atoms with Gasteiger partial charge in [0, 0.05) is 17.7 Å². The molecule has 8 heteroatoms. The number of amides is 1. The quantitative estimate of drug-likeness (QED) is 0.684. The Morgan fingerprint density at radius 3 is 2.44 bits per heavy atom. The molecule has 1 aliphatic heterocycles. The van der Waals surface area contributed by atoms with Crippen molar-refractivity contribution in [1.29, 1.82) is 0 Å². The Balaban J connectivity index is 1.98. The lowest BCUT2D eigenvalue weighted by atomic mass is 10.0. The zero-order valence-electron chi connectivity index (χ0n) is 14.7. The van der Waals surface area contributed by atoms with E-state index in [0.29, 0.717) is 6.54 Å². The molecule has 0 saturated heterocycles. The lowest BCUT2D eigenvalue weighted by molar-refractivity contribution is -0.128. The van der Waals surface area contributed by atoms with Crippen LogP contribution in [0.1, 0.15) is 40.1 Å². The fraction of sp³-hybridized carbons (Fsp3) is 0.211. The van der Waals surface area contributed by atoms with Gasteiger partial charge in [-0.25, -0.2) is 13.2 Å². The van der Waals surface area contributed by atoms with E-state index in [1.807, 2.05) is 0 Å². The number of hydrogen-bond donors (Lipinski definition) is 1. The summed E-state index contributed by atoms with van der Waals surface area (Å²) in [4.78, 5) is 36.2. The van der Waals surface area contributed by atoms with Crippen LogP contribution in [0.3, 0.4) is 0 Å². The summed E-state index contributed by atoms with van der Waals surface area (Å²) >= 11 is 0. The molecule has 0 saturated carbocycles. The molecule has 0 aliphatic carbocycles. The molecule has 3 rings (SSSR count). The second-order valence-electron chi connectivity index (χ2n) is 5.98. The summed E-state index contributed by atoms with van der Waals surface area (Å²) in [5.74, 6) is -1.73. The predicted octanol–water partition coefficient (Wildman–Crippen LogP) is 1.75. The molecular weight excluding hydrogens is 370 g/mol. The Morgan fingerprint density at radius 2 is 1.74 bits per heavy atom. The molecule has 0 aromatic heterocycles. The van der Waals surface area contributed by atoms with Crippen LogP contribution in [-0.2, 0) is 19.4 Å². The number of sulfone groups is 1. The molecule has 0 unspecified atom stereocenters. The number of carbonyl (C=O) groups excluding carboxylic acids is 3. The maximum atomic E-state index is 12.9. The molecule has 1 amide bonds. The lowest BCUT2D eigenvalue weighted by Gasteiger charge is -2.19. The molecule has 2 aromatic rings. The Labute approximate surface area is 156 Å². The van der Waals surface area contributed by atoms with E-state index in [1.165, 1.54) is 37.3 Å². The van der Waals surface area contributed by atoms with Crippen molar-refractivity contribution in [3.8, 4) is 0 Å². The third kappa shape index (κ3) is 3.23. The highest BCUT2D eigenvalue weighted by atomic mass is 32.2. The molecule has 1 atom stereocenters. The van der Waals surface area contributed by atoms with Gasteiger partial charge < -0.3 is 10.1 Å². The van der Waals surface area contributed by atoms with Gasteiger partial charge in [-0.15, -0.1) is 0 Å². The van der Waals surface area contributed by atoms with Crippen LogP contribution in [-0.4, -0.2) is 38.7 Å². The minimum absolute atomic E-state index is 0.00187. The van der Waals surface area contributed by atoms with E-state index in [9.17, 15) is 22.8 Å². The maximum Gasteiger partial charge on any atom is 0.338 e. The SMILES string of the molecule is CCNC(=O)[C@H](C)OC(=O)c1ccc2c(c1)S(=O)(=O)c1ccccc1C2=O. The van der Waals surface area contributed by atoms with E-state index in [2.05, 4.69) is 5.32 Å². The first-order valence-electron chi connectivity index (χ1n) is 8.29. The summed E-state index contributed by atoms with van der Waals surface area (Å²) in [6.45, 7) is 3.53. The number of esters is 1. The summed E-state index contributed by atoms with van der Waals surface area (Å²) in [6.07, 6.45) is -1.03. The first-order valence-corrected chi connectivity index (χ1v) is 9.77. The summed E-state index contributed by atoms with van der Waals surface area (Å²) in [6, 6.07) is 9.64. The highest BCUT2D eigenvalue weighted by molar-refractivity contribution is 7.91. The van der Waals surface area contributed by atoms with Crippen molar-refractivity contribution in [1.82, 2.24) is 5.32 Å². The lowest BCUT2D eigenvalue weighted by Crippen LogP contribution is -2.35. The van der Waals surface area contributed by atoms with E-state index in [-0.39, 0.29) is 26.5 Å². The molecule has 0 fully saturated rings. The van der Waals surface area contributed by atoms with Crippen molar-refractivity contribution in [3.63, 3.8) is 0 Å². The Kier molecular flexibility index (Phi) is 4.84. The van der Waals surface area contributed by atoms with Crippen molar-refractivity contribution >= 4 is 27.5 Å². The van der Waals surface area contributed by atoms with Crippen LogP contribution in [0.5, 0.6) is 0 Å². The fourth-order valence-electron chi connectivity index (χ4n) is 2.81. The second kappa shape index (κ2) is 6.96. The monoisotopic (exact) mass is 387 g/mol. The van der Waals surface area contributed by atoms with Crippen LogP contribution < -0.4 is 5.32 Å². The van der Waals surface area contributed by atoms with Gasteiger partial charge in [0.05, 0.1) is 15.4 Å². The number of hydrogen-bond acceptors (Lipinski definition) is 6. The van der Waals surface area contributed by atoms with E-state index >= 15 is 0 Å². The van der Waals surface area contributed by atoms with E-state index in [4.69, 9.17) is 4.74 Å². The van der Waals surface area contributed by atoms with Gasteiger partial charge in [-0.05, 0) is 44.2 Å². The largest absolute Gasteiger partial charge is 0.449 e. The summed E-state index contributed by atoms with van der Waals surface area (Å²) in [7, 11) is -3.95. The fourth-order valence-corrected chi connectivity index (χ4v) is 4.49. The third-order valence-electron chi connectivity index (χ3n) is 4.18. The van der Waals surface area contributed by atoms with Crippen molar-refractivity contribution in [2.45, 2.75) is 29.7 Å². The van der Waals surface area contributed by atoms with Gasteiger partial charge in [-0.2, -0.15) is 0 Å². The molecule has 140 valence electrons. The highest BCUT2D eigenvalue weighted by Crippen LogP contribution is 2.34. The molecule has 0 radical (unpaired) electrons. The molecule has 1 N–H and O–H groups in total. The number of nitrogens with one attached hydrogen (secondary N) is 1. The number of ketones is 1. The Bertz CT molecular complexity index is 1060. The van der Waals surface area contributed by atoms with Crippen LogP contribution in [0.25, 0.3) is 0 Å². The molecule has 27 heavy (non-hydrogen) atoms. The number of likely N-dealkylation sites (N-methyl/N-ethyl adjacent to an activating group) is 1. The number of ether oxygens (including phenoxy) is 1. The van der Waals surface area contributed by atoms with Crippen LogP contribution in [0.15, 0.2) is 52.3 Å². The number of rotatable bonds is 4. The summed E-state index contributed by atoms with van der Waals surface area (Å²) < 4.78 is 30.8. The average Bonchev–Trinajstić information content (AvgIpc) is 2.66. The molecule has 1 aliphatic rings. The van der Waals surface area contributed by atoms with Crippen LogP contribution in [0.2, 0.25) is 0 Å². The number of fused-ring (bicyclic) bond motifs is 2. The summed E-state index contributed by atoms with van der Waals surface area (Å²) in [5, 5.41) is 2.53. The van der Waals surface area contributed by atoms with E-state index in [1.54, 1.807) is 13.0 Å². The second-order valence-corrected chi connectivity index (χ2v) is 7.87. The zero-order chi connectivity index (χ0) is 19.8. The number of benzene rings is 2. The van der Waals surface area contributed by atoms with Crippen LogP contribution >= 0.6 is 0 Å². The van der Waals surface area contributed by atoms with Gasteiger partial charge in [0.1, 0.15) is 0 Å². The van der Waals surface area contributed by atoms with Crippen molar-refractivity contribution < 1.29 is 27.5 Å². The topological polar surface area (TPSA) is 107 Å². The average molecular weight is 387 g/mol. The van der Waals surface area contributed by atoms with E-state index in [0.717, 1.165) is 6.07 Å². The Hall–Kier alpha value is -3.00. The van der Waals surface area contributed by atoms with Crippen LogP contribution in [0.4, 0.5) is 0 Å². The molecule has 0 spiro atoms. The Morgan fingerprint density at radius 1 is 1.07 bits per heavy atom. The molecular formula is C19H17NO6S. The van der Waals surface area contributed by atoms with E-state index < -0.39 is 33.6 Å². The van der Waals surface area contributed by atoms with Gasteiger partial charge in [-0.1, -0.05) is 12.1 Å². The molecule has 1 heterocycles. The normalized spacial score (nSPS) is 15.3. The maximum absolute atomic E-state index is 12.9. The standard InChI is InChI=1S/C19H17NO6S/c1-3-20-18(22)11(2)26-19(23)12-8-9-14-16(10-12)27(24,25)15-7-5-4-6-13(15)17(14)21/h4-11H,3H2,1-2H3,(H,20,22)/t11-/m0/s1. The first-order chi connectivity index (χ1) is 12.8. The van der Waals surface area contributed by atoms with Crippen molar-refractivity contribution in [2.75, 3.05) is 6.54 Å². The third-order valence-corrected chi connectivity index (χ3v) is 6.03. The van der Waals surface area contributed by atoms with Crippen LogP contribution in [0, 0.1) is 0 Å². The van der Waals surface area contributed by atoms with Gasteiger partial charge in [0.2, 0.25) is 9.84 Å². The van der Waals surface area contributed by atoms with Gasteiger partial charge in [0.15, 0.2) is 11.9 Å². The van der Waals surface area contributed by atoms with Gasteiger partial charge in [0.25, 0.3) is 5.91 Å². The zero-order valence-corrected chi connectivity index (χ0v) is 15.5. The summed E-state index contributed by atoms with van der Waals surface area (Å²) in [5.41, 5.74) is 0.0489. The first kappa shape index (κ1) is 18.8. The van der Waals surface area contributed by atoms with Crippen molar-refractivity contribution in [3.05, 3.63) is 59.2 Å². The molecule has 2 aromatic carbocycles. The van der Waals surface area contributed by atoms with Crippen molar-refractivity contribution in [2.24, 2.45) is 0 Å². The smallest absolute Gasteiger partial charge is 0.338 e. The van der Waals surface area contributed by atoms with Gasteiger partial charge in [-0.3, -0.25) is 9.59 Å². The minimum atomic E-state index is -3.95. The number of carbonyl (C=O) groups is 3. The minimum Gasteiger partial charge on any atom is -0.449 e.